The van der Waals surface area contributed by atoms with Crippen molar-refractivity contribution in [1.29, 1.82) is 0 Å². The number of nitrogens with one attached hydrogen (secondary N) is 1. The summed E-state index contributed by atoms with van der Waals surface area (Å²) in [6.45, 7) is 2.70. The highest BCUT2D eigenvalue weighted by molar-refractivity contribution is 7.80. The molecule has 1 N–H and O–H groups in total. The van der Waals surface area contributed by atoms with Gasteiger partial charge < -0.3 is 5.32 Å². The van der Waals surface area contributed by atoms with Crippen molar-refractivity contribution in [2.24, 2.45) is 0 Å². The fourth-order valence-electron chi connectivity index (χ4n) is 2.47. The Labute approximate surface area is 149 Å². The zero-order valence-electron chi connectivity index (χ0n) is 13.2. The van der Waals surface area contributed by atoms with Crippen molar-refractivity contribution < 1.29 is 9.18 Å². The Hall–Kier alpha value is -2.05. The number of hydrogen-bond donors (Lipinski definition) is 1. The van der Waals surface area contributed by atoms with Gasteiger partial charge in [0, 0.05) is 21.9 Å². The molecule has 1 amide bonds. The van der Waals surface area contributed by atoms with Crippen LogP contribution in [0.4, 0.5) is 4.39 Å². The van der Waals surface area contributed by atoms with Crippen LogP contribution in [-0.2, 0) is 4.79 Å². The summed E-state index contributed by atoms with van der Waals surface area (Å²) in [6.07, 6.45) is 3.69. The van der Waals surface area contributed by atoms with E-state index in [0.717, 1.165) is 22.6 Å². The average Bonchev–Trinajstić information content (AvgIpc) is 3.12. The summed E-state index contributed by atoms with van der Waals surface area (Å²) in [7, 11) is 0. The number of rotatable bonds is 5. The van der Waals surface area contributed by atoms with Gasteiger partial charge in [-0.3, -0.25) is 9.69 Å². The van der Waals surface area contributed by atoms with Crippen LogP contribution in [0.3, 0.4) is 0 Å². The predicted octanol–water partition coefficient (Wildman–Crippen LogP) is 4.41. The molecule has 1 saturated heterocycles. The van der Waals surface area contributed by atoms with Gasteiger partial charge in [-0.1, -0.05) is 31.5 Å². The van der Waals surface area contributed by atoms with Crippen molar-refractivity contribution in [2.75, 3.05) is 6.54 Å². The molecule has 24 heavy (non-hydrogen) atoms. The number of carbonyl (C=O) groups is 1. The van der Waals surface area contributed by atoms with E-state index in [1.807, 2.05) is 18.2 Å². The number of carbonyl (C=O) groups excluding carboxylic acids is 1. The number of nitrogens with zero attached hydrogens (tertiary/aromatic N) is 1. The number of unbranched alkanes of at least 4 members (excludes halogenated alkanes) is 1. The molecule has 2 aromatic rings. The van der Waals surface area contributed by atoms with E-state index in [9.17, 15) is 9.18 Å². The third-order valence-corrected chi connectivity index (χ3v) is 5.14. The normalized spacial score (nSPS) is 16.1. The van der Waals surface area contributed by atoms with Gasteiger partial charge >= 0.3 is 0 Å². The molecule has 3 nitrogen and oxygen atoms in total. The highest BCUT2D eigenvalue weighted by atomic mass is 32.1. The molecule has 1 aromatic carbocycles. The van der Waals surface area contributed by atoms with Crippen molar-refractivity contribution in [2.45, 2.75) is 19.8 Å². The van der Waals surface area contributed by atoms with Crippen molar-refractivity contribution >= 4 is 40.7 Å². The Morgan fingerprint density at radius 2 is 2.08 bits per heavy atom. The summed E-state index contributed by atoms with van der Waals surface area (Å²) in [6, 6.07) is 10.4. The molecule has 1 aromatic heterocycles. The minimum absolute atomic E-state index is 0.103. The van der Waals surface area contributed by atoms with Crippen LogP contribution in [0.5, 0.6) is 0 Å². The van der Waals surface area contributed by atoms with Crippen LogP contribution < -0.4 is 5.32 Å². The third-order valence-electron chi connectivity index (χ3n) is 3.75. The first-order valence-electron chi connectivity index (χ1n) is 7.79. The topological polar surface area (TPSA) is 32.3 Å². The number of thiophene rings is 1. The zero-order chi connectivity index (χ0) is 17.1. The van der Waals surface area contributed by atoms with Crippen LogP contribution >= 0.6 is 23.6 Å². The standard InChI is InChI=1S/C18H17FN2OS2/c1-2-3-10-21-17(22)15(20-18(21)23)11-12-8-9-16(24-12)13-6-4-5-7-14(13)19/h4-9,11H,2-3,10H2,1H3,(H,20,23)/b15-11+. The van der Waals surface area contributed by atoms with Gasteiger partial charge in [0.2, 0.25) is 0 Å². The first-order valence-corrected chi connectivity index (χ1v) is 9.02. The summed E-state index contributed by atoms with van der Waals surface area (Å²) in [5.41, 5.74) is 1.04. The van der Waals surface area contributed by atoms with Crippen LogP contribution in [0.1, 0.15) is 24.6 Å². The lowest BCUT2D eigenvalue weighted by Gasteiger charge is -2.12. The molecule has 124 valence electrons. The van der Waals surface area contributed by atoms with E-state index in [2.05, 4.69) is 12.2 Å². The van der Waals surface area contributed by atoms with E-state index in [1.165, 1.54) is 17.4 Å². The van der Waals surface area contributed by atoms with E-state index in [-0.39, 0.29) is 11.7 Å². The van der Waals surface area contributed by atoms with Crippen molar-refractivity contribution in [3.63, 3.8) is 0 Å². The van der Waals surface area contributed by atoms with Crippen LogP contribution in [0.2, 0.25) is 0 Å². The summed E-state index contributed by atoms with van der Waals surface area (Å²) >= 11 is 6.67. The maximum Gasteiger partial charge on any atom is 0.276 e. The van der Waals surface area contributed by atoms with Gasteiger partial charge in [-0.2, -0.15) is 0 Å². The van der Waals surface area contributed by atoms with Crippen molar-refractivity contribution in [3.8, 4) is 10.4 Å². The Kier molecular flexibility index (Phi) is 5.06. The van der Waals surface area contributed by atoms with Gasteiger partial charge in [-0.05, 0) is 42.9 Å². The van der Waals surface area contributed by atoms with Gasteiger partial charge in [-0.15, -0.1) is 11.3 Å². The van der Waals surface area contributed by atoms with E-state index in [1.54, 1.807) is 23.1 Å². The van der Waals surface area contributed by atoms with Gasteiger partial charge in [0.25, 0.3) is 5.91 Å². The summed E-state index contributed by atoms with van der Waals surface area (Å²) in [5, 5.41) is 3.42. The molecule has 0 saturated carbocycles. The van der Waals surface area contributed by atoms with Crippen LogP contribution in [0.15, 0.2) is 42.1 Å². The monoisotopic (exact) mass is 360 g/mol. The number of amides is 1. The highest BCUT2D eigenvalue weighted by Gasteiger charge is 2.29. The van der Waals surface area contributed by atoms with Gasteiger partial charge in [0.1, 0.15) is 11.5 Å². The first kappa shape index (κ1) is 16.8. The lowest BCUT2D eigenvalue weighted by molar-refractivity contribution is -0.122. The first-order chi connectivity index (χ1) is 11.6. The molecule has 1 fully saturated rings. The minimum Gasteiger partial charge on any atom is -0.328 e. The second-order valence-electron chi connectivity index (χ2n) is 5.48. The lowest BCUT2D eigenvalue weighted by Crippen LogP contribution is -2.31. The summed E-state index contributed by atoms with van der Waals surface area (Å²) in [4.78, 5) is 15.7. The van der Waals surface area contributed by atoms with E-state index >= 15 is 0 Å². The average molecular weight is 360 g/mol. The SMILES string of the molecule is CCCCN1C(=O)/C(=C\c2ccc(-c3ccccc3F)s2)NC1=S. The minimum atomic E-state index is -0.250. The van der Waals surface area contributed by atoms with Crippen LogP contribution in [0.25, 0.3) is 16.5 Å². The molecule has 6 heteroatoms. The summed E-state index contributed by atoms with van der Waals surface area (Å²) < 4.78 is 13.9. The fraction of sp³-hybridized carbons (Fsp3) is 0.222. The molecule has 3 rings (SSSR count). The van der Waals surface area contributed by atoms with Crippen molar-refractivity contribution in [1.82, 2.24) is 10.2 Å². The largest absolute Gasteiger partial charge is 0.328 e. The molecule has 1 aliphatic rings. The number of hydrogen-bond acceptors (Lipinski definition) is 3. The predicted molar refractivity (Wildman–Crippen MR) is 100 cm³/mol. The number of benzene rings is 1. The van der Waals surface area contributed by atoms with Gasteiger partial charge in [0.05, 0.1) is 0 Å². The molecule has 0 atom stereocenters. The Morgan fingerprint density at radius 3 is 2.83 bits per heavy atom. The van der Waals surface area contributed by atoms with E-state index in [4.69, 9.17) is 12.2 Å². The molecule has 0 spiro atoms. The fourth-order valence-corrected chi connectivity index (χ4v) is 3.73. The van der Waals surface area contributed by atoms with Crippen LogP contribution in [-0.4, -0.2) is 22.5 Å². The summed E-state index contributed by atoms with van der Waals surface area (Å²) in [5.74, 6) is -0.352. The maximum atomic E-state index is 13.9. The molecule has 0 bridgehead atoms. The zero-order valence-corrected chi connectivity index (χ0v) is 14.8. The molecule has 0 aliphatic carbocycles. The van der Waals surface area contributed by atoms with Crippen molar-refractivity contribution in [3.05, 3.63) is 52.8 Å². The van der Waals surface area contributed by atoms with Crippen LogP contribution in [0, 0.1) is 5.82 Å². The Bertz CT molecular complexity index is 813. The maximum absolute atomic E-state index is 13.9. The highest BCUT2D eigenvalue weighted by Crippen LogP contribution is 2.31. The third kappa shape index (κ3) is 3.39. The molecule has 0 unspecified atom stereocenters. The molecular weight excluding hydrogens is 343 g/mol. The molecule has 2 heterocycles. The Balaban J connectivity index is 1.82. The molecular formula is C18H17FN2OS2. The molecule has 1 aliphatic heterocycles. The second kappa shape index (κ2) is 7.23. The van der Waals surface area contributed by atoms with Gasteiger partial charge in [-0.25, -0.2) is 4.39 Å². The van der Waals surface area contributed by atoms with E-state index in [0.29, 0.717) is 22.9 Å². The Morgan fingerprint density at radius 1 is 1.29 bits per heavy atom. The number of thiocarbonyl (C=S) groups is 1. The lowest BCUT2D eigenvalue weighted by atomic mass is 10.2. The quantitative estimate of drug-likeness (QED) is 0.633. The smallest absolute Gasteiger partial charge is 0.276 e. The van der Waals surface area contributed by atoms with E-state index < -0.39 is 0 Å². The van der Waals surface area contributed by atoms with Gasteiger partial charge in [0.15, 0.2) is 5.11 Å². The second-order valence-corrected chi connectivity index (χ2v) is 6.98. The molecule has 0 radical (unpaired) electrons. The number of halogens is 1.